The third-order valence-corrected chi connectivity index (χ3v) is 4.53. The smallest absolute Gasteiger partial charge is 0.224 e. The number of aromatic nitrogens is 4. The molecule has 25 heavy (non-hydrogen) atoms. The minimum Gasteiger partial charge on any atom is -0.480 e. The normalized spacial score (nSPS) is 14.8. The van der Waals surface area contributed by atoms with Crippen LogP contribution >= 0.6 is 0 Å². The van der Waals surface area contributed by atoms with Crippen LogP contribution in [0, 0.1) is 6.92 Å². The van der Waals surface area contributed by atoms with E-state index in [1.165, 1.54) is 6.33 Å². The summed E-state index contributed by atoms with van der Waals surface area (Å²) in [5, 5.41) is 9.38. The number of aryl methyl sites for hydroxylation is 1. The fraction of sp³-hybridized carbons (Fsp3) is 0.333. The summed E-state index contributed by atoms with van der Waals surface area (Å²) in [6, 6.07) is 10.3. The highest BCUT2D eigenvalue weighted by atomic mass is 16.5. The van der Waals surface area contributed by atoms with E-state index >= 15 is 0 Å². The summed E-state index contributed by atoms with van der Waals surface area (Å²) in [6.07, 6.45) is 1.53. The van der Waals surface area contributed by atoms with Crippen molar-refractivity contribution < 1.29 is 4.74 Å². The summed E-state index contributed by atoms with van der Waals surface area (Å²) in [4.78, 5) is 13.1. The molecule has 0 aliphatic carbocycles. The number of fused-ring (bicyclic) bond motifs is 1. The van der Waals surface area contributed by atoms with Crippen LogP contribution in [0.3, 0.4) is 0 Å². The third kappa shape index (κ3) is 3.05. The second-order valence-electron chi connectivity index (χ2n) is 6.09. The van der Waals surface area contributed by atoms with Crippen LogP contribution in [0.4, 0.5) is 11.5 Å². The number of piperazine rings is 1. The number of anilines is 2. The highest BCUT2D eigenvalue weighted by Crippen LogP contribution is 2.27. The summed E-state index contributed by atoms with van der Waals surface area (Å²) in [5.41, 5.74) is 2.99. The highest BCUT2D eigenvalue weighted by Gasteiger charge is 2.19. The molecule has 128 valence electrons. The monoisotopic (exact) mass is 336 g/mol. The van der Waals surface area contributed by atoms with Crippen LogP contribution in [0.5, 0.6) is 5.88 Å². The van der Waals surface area contributed by atoms with Crippen molar-refractivity contribution in [1.29, 1.82) is 0 Å². The molecule has 7 nitrogen and oxygen atoms in total. The topological polar surface area (TPSA) is 67.3 Å². The van der Waals surface area contributed by atoms with Crippen molar-refractivity contribution in [2.24, 2.45) is 0 Å². The molecule has 0 radical (unpaired) electrons. The molecule has 0 unspecified atom stereocenters. The van der Waals surface area contributed by atoms with E-state index < -0.39 is 0 Å². The zero-order chi connectivity index (χ0) is 17.2. The first kappa shape index (κ1) is 15.6. The molecule has 3 heterocycles. The molecular formula is C18H20N6O. The van der Waals surface area contributed by atoms with E-state index in [0.717, 1.165) is 54.3 Å². The number of nitrogens with zero attached hydrogens (tertiary/aromatic N) is 6. The van der Waals surface area contributed by atoms with Crippen molar-refractivity contribution in [2.45, 2.75) is 6.92 Å². The fourth-order valence-electron chi connectivity index (χ4n) is 3.13. The van der Waals surface area contributed by atoms with Crippen molar-refractivity contribution in [1.82, 2.24) is 20.2 Å². The Morgan fingerprint density at radius 1 is 0.920 bits per heavy atom. The zero-order valence-electron chi connectivity index (χ0n) is 14.4. The van der Waals surface area contributed by atoms with Gasteiger partial charge in [-0.2, -0.15) is 5.10 Å². The van der Waals surface area contributed by atoms with Crippen LogP contribution in [-0.2, 0) is 0 Å². The number of hydrogen-bond donors (Lipinski definition) is 0. The van der Waals surface area contributed by atoms with Gasteiger partial charge in [0.25, 0.3) is 0 Å². The van der Waals surface area contributed by atoms with Gasteiger partial charge in [0.1, 0.15) is 6.33 Å². The molecule has 1 aliphatic rings. The lowest BCUT2D eigenvalue weighted by Crippen LogP contribution is -2.46. The number of benzene rings is 1. The van der Waals surface area contributed by atoms with Gasteiger partial charge in [0, 0.05) is 31.9 Å². The van der Waals surface area contributed by atoms with E-state index in [4.69, 9.17) is 4.74 Å². The van der Waals surface area contributed by atoms with Crippen LogP contribution in [0.25, 0.3) is 10.9 Å². The second-order valence-corrected chi connectivity index (χ2v) is 6.09. The molecule has 1 aliphatic heterocycles. The first-order valence-electron chi connectivity index (χ1n) is 8.33. The SMILES string of the molecule is COc1ncnc2ccc(N3CCN(c4ccc(C)nn4)CC3)cc12. The summed E-state index contributed by atoms with van der Waals surface area (Å²) in [7, 11) is 1.63. The molecule has 0 saturated carbocycles. The van der Waals surface area contributed by atoms with E-state index in [9.17, 15) is 0 Å². The molecule has 4 rings (SSSR count). The number of rotatable bonds is 3. The molecule has 1 aromatic carbocycles. The molecule has 0 amide bonds. The van der Waals surface area contributed by atoms with Crippen LogP contribution in [-0.4, -0.2) is 53.5 Å². The van der Waals surface area contributed by atoms with E-state index in [2.05, 4.69) is 42.1 Å². The molecule has 3 aromatic rings. The van der Waals surface area contributed by atoms with E-state index in [1.807, 2.05) is 25.1 Å². The van der Waals surface area contributed by atoms with Gasteiger partial charge in [-0.15, -0.1) is 5.10 Å². The summed E-state index contributed by atoms with van der Waals surface area (Å²) in [5.74, 6) is 1.55. The summed E-state index contributed by atoms with van der Waals surface area (Å²) < 4.78 is 5.36. The van der Waals surface area contributed by atoms with Crippen molar-refractivity contribution in [3.63, 3.8) is 0 Å². The maximum atomic E-state index is 5.36. The number of methoxy groups -OCH3 is 1. The minimum absolute atomic E-state index is 0.611. The van der Waals surface area contributed by atoms with Gasteiger partial charge in [0.05, 0.1) is 23.7 Å². The summed E-state index contributed by atoms with van der Waals surface area (Å²) in [6.45, 7) is 5.64. The maximum Gasteiger partial charge on any atom is 0.224 e. The molecule has 1 fully saturated rings. The Morgan fingerprint density at radius 3 is 2.44 bits per heavy atom. The predicted molar refractivity (Wildman–Crippen MR) is 97.3 cm³/mol. The predicted octanol–water partition coefficient (Wildman–Crippen LogP) is 2.06. The van der Waals surface area contributed by atoms with Gasteiger partial charge in [0.2, 0.25) is 5.88 Å². The fourth-order valence-corrected chi connectivity index (χ4v) is 3.13. The molecule has 7 heteroatoms. The standard InChI is InChI=1S/C18H20N6O/c1-13-3-6-17(22-21-13)24-9-7-23(8-10-24)14-4-5-16-15(11-14)18(25-2)20-12-19-16/h3-6,11-12H,7-10H2,1-2H3. The van der Waals surface area contributed by atoms with Gasteiger partial charge < -0.3 is 14.5 Å². The Labute approximate surface area is 146 Å². The molecule has 0 atom stereocenters. The van der Waals surface area contributed by atoms with Gasteiger partial charge in [-0.1, -0.05) is 0 Å². The first-order chi connectivity index (χ1) is 12.2. The molecule has 1 saturated heterocycles. The minimum atomic E-state index is 0.611. The average Bonchev–Trinajstić information content (AvgIpc) is 2.68. The Bertz CT molecular complexity index is 874. The van der Waals surface area contributed by atoms with Gasteiger partial charge in [-0.25, -0.2) is 9.97 Å². The number of hydrogen-bond acceptors (Lipinski definition) is 7. The van der Waals surface area contributed by atoms with Crippen molar-refractivity contribution in [3.8, 4) is 5.88 Å². The molecule has 0 spiro atoms. The van der Waals surface area contributed by atoms with Crippen LogP contribution in [0.1, 0.15) is 5.69 Å². The average molecular weight is 336 g/mol. The quantitative estimate of drug-likeness (QED) is 0.725. The molecule has 0 N–H and O–H groups in total. The van der Waals surface area contributed by atoms with E-state index in [1.54, 1.807) is 7.11 Å². The maximum absolute atomic E-state index is 5.36. The second kappa shape index (κ2) is 6.51. The molecule has 0 bridgehead atoms. The lowest BCUT2D eigenvalue weighted by molar-refractivity contribution is 0.402. The van der Waals surface area contributed by atoms with Crippen molar-refractivity contribution in [3.05, 3.63) is 42.4 Å². The Hall–Kier alpha value is -2.96. The van der Waals surface area contributed by atoms with E-state index in [-0.39, 0.29) is 0 Å². The van der Waals surface area contributed by atoms with Gasteiger partial charge in [-0.3, -0.25) is 0 Å². The lowest BCUT2D eigenvalue weighted by Gasteiger charge is -2.36. The largest absolute Gasteiger partial charge is 0.480 e. The van der Waals surface area contributed by atoms with Gasteiger partial charge in [-0.05, 0) is 37.3 Å². The van der Waals surface area contributed by atoms with Gasteiger partial charge >= 0.3 is 0 Å². The highest BCUT2D eigenvalue weighted by molar-refractivity contribution is 5.86. The van der Waals surface area contributed by atoms with E-state index in [0.29, 0.717) is 5.88 Å². The van der Waals surface area contributed by atoms with Crippen LogP contribution in [0.2, 0.25) is 0 Å². The Kier molecular flexibility index (Phi) is 4.05. The number of ether oxygens (including phenoxy) is 1. The Balaban J connectivity index is 1.52. The van der Waals surface area contributed by atoms with Crippen LogP contribution < -0.4 is 14.5 Å². The lowest BCUT2D eigenvalue weighted by atomic mass is 10.2. The van der Waals surface area contributed by atoms with Crippen molar-refractivity contribution in [2.75, 3.05) is 43.1 Å². The molecule has 2 aromatic heterocycles. The zero-order valence-corrected chi connectivity index (χ0v) is 14.4. The summed E-state index contributed by atoms with van der Waals surface area (Å²) >= 11 is 0. The van der Waals surface area contributed by atoms with Gasteiger partial charge in [0.15, 0.2) is 5.82 Å². The van der Waals surface area contributed by atoms with Crippen LogP contribution in [0.15, 0.2) is 36.7 Å². The Morgan fingerprint density at radius 2 is 1.72 bits per heavy atom. The third-order valence-electron chi connectivity index (χ3n) is 4.53. The first-order valence-corrected chi connectivity index (χ1v) is 8.33. The van der Waals surface area contributed by atoms with Crippen molar-refractivity contribution >= 4 is 22.4 Å². The molecular weight excluding hydrogens is 316 g/mol.